The van der Waals surface area contributed by atoms with Crippen LogP contribution in [-0.4, -0.2) is 8.42 Å². The number of rotatable bonds is 2. The molecule has 0 bridgehead atoms. The van der Waals surface area contributed by atoms with E-state index in [-0.39, 0.29) is 9.79 Å². The molecule has 0 atom stereocenters. The number of sulfone groups is 1. The quantitative estimate of drug-likeness (QED) is 0.222. The molecule has 136 valence electrons. The van der Waals surface area contributed by atoms with Crippen molar-refractivity contribution in [3.05, 3.63) is 44.7 Å². The Morgan fingerprint density at radius 1 is 0.360 bits per heavy atom. The van der Waals surface area contributed by atoms with Crippen LogP contribution in [0.5, 0.6) is 0 Å². The van der Waals surface area contributed by atoms with Crippen molar-refractivity contribution < 1.29 is 8.42 Å². The molecule has 25 heavy (non-hydrogen) atoms. The highest BCUT2D eigenvalue weighted by atomic mass is 79.9. The summed E-state index contributed by atoms with van der Waals surface area (Å²) in [6.07, 6.45) is 0. The molecule has 2 aromatic carbocycles. The Hall–Kier alpha value is 3.19. The maximum atomic E-state index is 13.5. The normalized spacial score (nSPS) is 11.9. The number of hydrogen-bond donors (Lipinski definition) is 0. The van der Waals surface area contributed by atoms with Gasteiger partial charge in [-0.05, 0) is 159 Å². The van der Waals surface area contributed by atoms with Gasteiger partial charge in [0.25, 0.3) is 0 Å². The minimum absolute atomic E-state index is 0.0805. The van der Waals surface area contributed by atoms with Crippen molar-refractivity contribution in [2.45, 2.75) is 9.79 Å². The fraction of sp³-hybridized carbons (Fsp3) is 0. The minimum Gasteiger partial charge on any atom is -0.218 e. The summed E-state index contributed by atoms with van der Waals surface area (Å²) in [6.45, 7) is 0. The minimum atomic E-state index is -3.93. The molecule has 0 unspecified atom stereocenters. The van der Waals surface area contributed by atoms with E-state index >= 15 is 0 Å². The first-order valence-electron chi connectivity index (χ1n) is 5.63. The van der Waals surface area contributed by atoms with Crippen molar-refractivity contribution in [2.75, 3.05) is 0 Å². The van der Waals surface area contributed by atoms with Gasteiger partial charge in [0.2, 0.25) is 9.84 Å². The number of benzene rings is 2. The van der Waals surface area contributed by atoms with E-state index in [1.165, 1.54) is 0 Å². The van der Waals surface area contributed by atoms with Crippen molar-refractivity contribution >= 4 is 169 Å². The van der Waals surface area contributed by atoms with Crippen LogP contribution < -0.4 is 0 Å². The Morgan fingerprint density at radius 2 is 0.520 bits per heavy atom. The number of hydrogen-bond acceptors (Lipinski definition) is 2. The second-order valence-corrected chi connectivity index (χ2v) is 14.1. The lowest BCUT2D eigenvalue weighted by Crippen LogP contribution is -2.08. The van der Waals surface area contributed by atoms with Gasteiger partial charge in [-0.25, -0.2) is 8.42 Å². The van der Waals surface area contributed by atoms with Gasteiger partial charge < -0.3 is 0 Å². The highest BCUT2D eigenvalue weighted by Crippen LogP contribution is 2.52. The molecular formula is C12Br10O2S. The molecule has 2 aromatic rings. The van der Waals surface area contributed by atoms with Crippen molar-refractivity contribution in [3.63, 3.8) is 0 Å². The van der Waals surface area contributed by atoms with Crippen molar-refractivity contribution in [1.29, 1.82) is 0 Å². The van der Waals surface area contributed by atoms with Crippen LogP contribution >= 0.6 is 159 Å². The monoisotopic (exact) mass is 997 g/mol. The predicted molar refractivity (Wildman–Crippen MR) is 135 cm³/mol. The van der Waals surface area contributed by atoms with Crippen LogP contribution in [0, 0.1) is 0 Å². The summed E-state index contributed by atoms with van der Waals surface area (Å²) in [5, 5.41) is 0. The first-order chi connectivity index (χ1) is 11.4. The molecule has 0 radical (unpaired) electrons. The lowest BCUT2D eigenvalue weighted by Gasteiger charge is -2.18. The molecule has 2 rings (SSSR count). The van der Waals surface area contributed by atoms with Gasteiger partial charge in [-0.3, -0.25) is 0 Å². The van der Waals surface area contributed by atoms with Gasteiger partial charge in [0.05, 0.1) is 17.9 Å². The Balaban J connectivity index is 3.02. The van der Waals surface area contributed by atoms with Crippen LogP contribution in [0.3, 0.4) is 0 Å². The van der Waals surface area contributed by atoms with E-state index in [9.17, 15) is 8.42 Å². The molecule has 0 fully saturated rings. The Bertz CT molecular complexity index is 882. The van der Waals surface area contributed by atoms with E-state index < -0.39 is 9.84 Å². The molecule has 0 amide bonds. The van der Waals surface area contributed by atoms with Crippen LogP contribution in [0.15, 0.2) is 54.5 Å². The van der Waals surface area contributed by atoms with Crippen LogP contribution in [0.2, 0.25) is 0 Å². The van der Waals surface area contributed by atoms with Crippen molar-refractivity contribution in [1.82, 2.24) is 0 Å². The summed E-state index contributed by atoms with van der Waals surface area (Å²) in [4.78, 5) is 0.161. The Labute approximate surface area is 228 Å². The molecule has 0 aliphatic carbocycles. The Kier molecular flexibility index (Phi) is 8.94. The van der Waals surface area contributed by atoms with Gasteiger partial charge in [0.1, 0.15) is 9.79 Å². The van der Waals surface area contributed by atoms with Crippen LogP contribution in [-0.2, 0) is 9.84 Å². The fourth-order valence-electron chi connectivity index (χ4n) is 1.74. The second kappa shape index (κ2) is 9.13. The molecule has 0 aliphatic heterocycles. The third-order valence-electron chi connectivity index (χ3n) is 2.88. The maximum Gasteiger partial charge on any atom is 0.211 e. The first kappa shape index (κ1) is 24.5. The zero-order valence-electron chi connectivity index (χ0n) is 11.0. The summed E-state index contributed by atoms with van der Waals surface area (Å²) in [7, 11) is -3.93. The lowest BCUT2D eigenvalue weighted by atomic mass is 10.4. The van der Waals surface area contributed by atoms with E-state index in [1.807, 2.05) is 0 Å². The maximum absolute atomic E-state index is 13.5. The van der Waals surface area contributed by atoms with E-state index in [2.05, 4.69) is 159 Å². The summed E-state index contributed by atoms with van der Waals surface area (Å²) >= 11 is 33.9. The van der Waals surface area contributed by atoms with Crippen LogP contribution in [0.25, 0.3) is 0 Å². The molecule has 0 aromatic heterocycles. The van der Waals surface area contributed by atoms with E-state index in [0.717, 1.165) is 0 Å². The van der Waals surface area contributed by atoms with Gasteiger partial charge in [0.15, 0.2) is 0 Å². The Morgan fingerprint density at radius 3 is 0.720 bits per heavy atom. The topological polar surface area (TPSA) is 34.1 Å². The molecule has 0 N–H and O–H groups in total. The fourth-order valence-corrected chi connectivity index (χ4v) is 12.5. The van der Waals surface area contributed by atoms with Crippen molar-refractivity contribution in [2.24, 2.45) is 0 Å². The zero-order chi connectivity index (χ0) is 19.4. The van der Waals surface area contributed by atoms with Gasteiger partial charge in [0, 0.05) is 26.8 Å². The third-order valence-corrected chi connectivity index (χ3v) is 18.0. The highest BCUT2D eigenvalue weighted by Gasteiger charge is 2.34. The van der Waals surface area contributed by atoms with E-state index in [0.29, 0.717) is 44.7 Å². The van der Waals surface area contributed by atoms with Crippen molar-refractivity contribution in [3.8, 4) is 0 Å². The molecule has 0 spiro atoms. The molecule has 0 saturated carbocycles. The van der Waals surface area contributed by atoms with Crippen LogP contribution in [0.4, 0.5) is 0 Å². The van der Waals surface area contributed by atoms with Gasteiger partial charge >= 0.3 is 0 Å². The lowest BCUT2D eigenvalue weighted by molar-refractivity contribution is 0.593. The molecule has 0 heterocycles. The smallest absolute Gasteiger partial charge is 0.211 e. The molecule has 2 nitrogen and oxygen atoms in total. The summed E-state index contributed by atoms with van der Waals surface area (Å²) < 4.78 is 32.3. The molecule has 0 saturated heterocycles. The molecular weight excluding hydrogens is 1010 g/mol. The van der Waals surface area contributed by atoms with Gasteiger partial charge in [-0.2, -0.15) is 0 Å². The molecule has 0 aliphatic rings. The molecule has 13 heteroatoms. The zero-order valence-corrected chi connectivity index (χ0v) is 27.7. The largest absolute Gasteiger partial charge is 0.218 e. The van der Waals surface area contributed by atoms with Crippen LogP contribution in [0.1, 0.15) is 0 Å². The van der Waals surface area contributed by atoms with E-state index in [4.69, 9.17) is 0 Å². The predicted octanol–water partition coefficient (Wildman–Crippen LogP) is 10.1. The summed E-state index contributed by atoms with van der Waals surface area (Å²) in [5.41, 5.74) is 0. The number of halogens is 10. The standard InChI is InChI=1S/C12Br10O2S/c13-1-3(15)7(19)11(8(20)4(1)16)25(23,24)12-9(21)5(17)2(14)6(18)10(12)22. The average Bonchev–Trinajstić information content (AvgIpc) is 2.54. The summed E-state index contributed by atoms with van der Waals surface area (Å²) in [5.74, 6) is 0. The second-order valence-electron chi connectivity index (χ2n) is 4.30. The summed E-state index contributed by atoms with van der Waals surface area (Å²) in [6, 6.07) is 0. The highest BCUT2D eigenvalue weighted by molar-refractivity contribution is 9.16. The SMILES string of the molecule is O=S(=O)(c1c(Br)c(Br)c(Br)c(Br)c1Br)c1c(Br)c(Br)c(Br)c(Br)c1Br. The average molecular weight is 1010 g/mol. The van der Waals surface area contributed by atoms with Gasteiger partial charge in [-0.1, -0.05) is 0 Å². The first-order valence-corrected chi connectivity index (χ1v) is 15.0. The third kappa shape index (κ3) is 4.32. The van der Waals surface area contributed by atoms with E-state index in [1.54, 1.807) is 0 Å². The van der Waals surface area contributed by atoms with Gasteiger partial charge in [-0.15, -0.1) is 0 Å².